The lowest BCUT2D eigenvalue weighted by atomic mass is 9.90. The highest BCUT2D eigenvalue weighted by Gasteiger charge is 2.24. The van der Waals surface area contributed by atoms with Crippen LogP contribution in [0.25, 0.3) is 0 Å². The SMILES string of the molecule is CNC1CCCC[C@H]1N(C)C. The van der Waals surface area contributed by atoms with Crippen molar-refractivity contribution < 1.29 is 0 Å². The highest BCUT2D eigenvalue weighted by molar-refractivity contribution is 4.84. The van der Waals surface area contributed by atoms with Crippen LogP contribution in [0.3, 0.4) is 0 Å². The Morgan fingerprint density at radius 2 is 1.82 bits per heavy atom. The van der Waals surface area contributed by atoms with Gasteiger partial charge in [-0.3, -0.25) is 0 Å². The monoisotopic (exact) mass is 156 g/mol. The third kappa shape index (κ3) is 2.17. The Morgan fingerprint density at radius 1 is 1.18 bits per heavy atom. The minimum absolute atomic E-state index is 0.721. The Bertz CT molecular complexity index is 112. The third-order valence-corrected chi connectivity index (χ3v) is 2.76. The van der Waals surface area contributed by atoms with Crippen molar-refractivity contribution in [2.75, 3.05) is 21.1 Å². The average molecular weight is 156 g/mol. The predicted molar refractivity (Wildman–Crippen MR) is 48.8 cm³/mol. The van der Waals surface area contributed by atoms with Gasteiger partial charge in [-0.05, 0) is 34.0 Å². The summed E-state index contributed by atoms with van der Waals surface area (Å²) in [4.78, 5) is 2.35. The van der Waals surface area contributed by atoms with Crippen LogP contribution in [0, 0.1) is 0 Å². The number of rotatable bonds is 2. The van der Waals surface area contributed by atoms with Crippen LogP contribution in [0.2, 0.25) is 0 Å². The van der Waals surface area contributed by atoms with Crippen molar-refractivity contribution in [3.05, 3.63) is 0 Å². The fraction of sp³-hybridized carbons (Fsp3) is 1.00. The van der Waals surface area contributed by atoms with Crippen molar-refractivity contribution in [3.8, 4) is 0 Å². The molecule has 1 unspecified atom stereocenters. The van der Waals surface area contributed by atoms with Crippen LogP contribution in [-0.4, -0.2) is 38.1 Å². The molecule has 2 heteroatoms. The molecule has 66 valence electrons. The first-order valence-corrected chi connectivity index (χ1v) is 4.59. The van der Waals surface area contributed by atoms with Crippen molar-refractivity contribution in [2.24, 2.45) is 0 Å². The maximum Gasteiger partial charge on any atom is 0.0243 e. The molecule has 0 aromatic rings. The molecule has 0 aliphatic heterocycles. The standard InChI is InChI=1S/C9H20N2/c1-10-8-6-4-5-7-9(8)11(2)3/h8-10H,4-7H2,1-3H3/t8?,9-/m1/s1. The molecule has 1 aliphatic carbocycles. The number of nitrogens with zero attached hydrogens (tertiary/aromatic N) is 1. The molecule has 2 nitrogen and oxygen atoms in total. The molecular formula is C9H20N2. The summed E-state index contributed by atoms with van der Waals surface area (Å²) in [6.07, 6.45) is 5.51. The van der Waals surface area contributed by atoms with E-state index in [9.17, 15) is 0 Å². The van der Waals surface area contributed by atoms with Gasteiger partial charge in [-0.15, -0.1) is 0 Å². The Balaban J connectivity index is 2.44. The van der Waals surface area contributed by atoms with E-state index in [1.54, 1.807) is 0 Å². The summed E-state index contributed by atoms with van der Waals surface area (Å²) in [7, 11) is 6.44. The van der Waals surface area contributed by atoms with Crippen molar-refractivity contribution in [1.29, 1.82) is 0 Å². The molecule has 1 saturated carbocycles. The van der Waals surface area contributed by atoms with E-state index in [1.165, 1.54) is 25.7 Å². The first kappa shape index (κ1) is 9.01. The van der Waals surface area contributed by atoms with Gasteiger partial charge in [-0.2, -0.15) is 0 Å². The first-order chi connectivity index (χ1) is 5.25. The van der Waals surface area contributed by atoms with E-state index in [4.69, 9.17) is 0 Å². The number of nitrogens with one attached hydrogen (secondary N) is 1. The summed E-state index contributed by atoms with van der Waals surface area (Å²) in [6, 6.07) is 1.48. The normalized spacial score (nSPS) is 32.7. The van der Waals surface area contributed by atoms with Crippen LogP contribution in [-0.2, 0) is 0 Å². The maximum atomic E-state index is 3.39. The van der Waals surface area contributed by atoms with Crippen molar-refractivity contribution in [1.82, 2.24) is 10.2 Å². The van der Waals surface area contributed by atoms with Gasteiger partial charge < -0.3 is 10.2 Å². The number of hydrogen-bond acceptors (Lipinski definition) is 2. The predicted octanol–water partition coefficient (Wildman–Crippen LogP) is 1.08. The molecule has 0 saturated heterocycles. The van der Waals surface area contributed by atoms with Gasteiger partial charge in [0.2, 0.25) is 0 Å². The minimum Gasteiger partial charge on any atom is -0.315 e. The van der Waals surface area contributed by atoms with Crippen LogP contribution in [0.1, 0.15) is 25.7 Å². The Hall–Kier alpha value is -0.0800. The molecule has 2 atom stereocenters. The van der Waals surface area contributed by atoms with Crippen LogP contribution >= 0.6 is 0 Å². The van der Waals surface area contributed by atoms with E-state index in [2.05, 4.69) is 31.4 Å². The van der Waals surface area contributed by atoms with E-state index < -0.39 is 0 Å². The zero-order chi connectivity index (χ0) is 8.27. The van der Waals surface area contributed by atoms with Crippen LogP contribution in [0.4, 0.5) is 0 Å². The Morgan fingerprint density at radius 3 is 2.27 bits per heavy atom. The lowest BCUT2D eigenvalue weighted by Crippen LogP contribution is -2.47. The molecule has 0 radical (unpaired) electrons. The molecule has 1 N–H and O–H groups in total. The molecule has 11 heavy (non-hydrogen) atoms. The first-order valence-electron chi connectivity index (χ1n) is 4.59. The lowest BCUT2D eigenvalue weighted by molar-refractivity contribution is 0.183. The highest BCUT2D eigenvalue weighted by atomic mass is 15.1. The summed E-state index contributed by atoms with van der Waals surface area (Å²) < 4.78 is 0. The van der Waals surface area contributed by atoms with Gasteiger partial charge in [0.05, 0.1) is 0 Å². The lowest BCUT2D eigenvalue weighted by Gasteiger charge is -2.35. The van der Waals surface area contributed by atoms with Gasteiger partial charge >= 0.3 is 0 Å². The van der Waals surface area contributed by atoms with Crippen molar-refractivity contribution in [2.45, 2.75) is 37.8 Å². The fourth-order valence-corrected chi connectivity index (χ4v) is 2.07. The fourth-order valence-electron chi connectivity index (χ4n) is 2.07. The van der Waals surface area contributed by atoms with Gasteiger partial charge in [-0.1, -0.05) is 12.8 Å². The zero-order valence-electron chi connectivity index (χ0n) is 7.93. The molecular weight excluding hydrogens is 136 g/mol. The number of likely N-dealkylation sites (N-methyl/N-ethyl adjacent to an activating group) is 2. The molecule has 1 fully saturated rings. The van der Waals surface area contributed by atoms with Crippen molar-refractivity contribution in [3.63, 3.8) is 0 Å². The average Bonchev–Trinajstić information content (AvgIpc) is 2.04. The highest BCUT2D eigenvalue weighted by Crippen LogP contribution is 2.20. The number of hydrogen-bond donors (Lipinski definition) is 1. The summed E-state index contributed by atoms with van der Waals surface area (Å²) in [5, 5.41) is 3.39. The molecule has 0 heterocycles. The Kier molecular flexibility index (Phi) is 3.34. The summed E-state index contributed by atoms with van der Waals surface area (Å²) >= 11 is 0. The van der Waals surface area contributed by atoms with E-state index in [0.29, 0.717) is 0 Å². The molecule has 1 aliphatic rings. The van der Waals surface area contributed by atoms with Gasteiger partial charge in [0.25, 0.3) is 0 Å². The summed E-state index contributed by atoms with van der Waals surface area (Å²) in [6.45, 7) is 0. The van der Waals surface area contributed by atoms with E-state index in [1.807, 2.05) is 0 Å². The van der Waals surface area contributed by atoms with Gasteiger partial charge in [-0.25, -0.2) is 0 Å². The van der Waals surface area contributed by atoms with E-state index >= 15 is 0 Å². The molecule has 0 amide bonds. The maximum absolute atomic E-state index is 3.39. The van der Waals surface area contributed by atoms with Crippen LogP contribution in [0.15, 0.2) is 0 Å². The van der Waals surface area contributed by atoms with E-state index in [0.717, 1.165) is 12.1 Å². The summed E-state index contributed by atoms with van der Waals surface area (Å²) in [5.41, 5.74) is 0. The van der Waals surface area contributed by atoms with Gasteiger partial charge in [0.15, 0.2) is 0 Å². The zero-order valence-corrected chi connectivity index (χ0v) is 7.93. The summed E-state index contributed by atoms with van der Waals surface area (Å²) in [5.74, 6) is 0. The molecule has 0 aromatic carbocycles. The second-order valence-corrected chi connectivity index (χ2v) is 3.71. The van der Waals surface area contributed by atoms with E-state index in [-0.39, 0.29) is 0 Å². The molecule has 0 spiro atoms. The van der Waals surface area contributed by atoms with Crippen molar-refractivity contribution >= 4 is 0 Å². The Labute approximate surface area is 70.0 Å². The largest absolute Gasteiger partial charge is 0.315 e. The quantitative estimate of drug-likeness (QED) is 0.643. The minimum atomic E-state index is 0.721. The molecule has 0 bridgehead atoms. The molecule has 0 aromatic heterocycles. The smallest absolute Gasteiger partial charge is 0.0243 e. The third-order valence-electron chi connectivity index (χ3n) is 2.76. The second kappa shape index (κ2) is 4.07. The topological polar surface area (TPSA) is 15.3 Å². The molecule has 1 rings (SSSR count). The van der Waals surface area contributed by atoms with Gasteiger partial charge in [0, 0.05) is 12.1 Å². The second-order valence-electron chi connectivity index (χ2n) is 3.71. The van der Waals surface area contributed by atoms with Crippen LogP contribution < -0.4 is 5.32 Å². The van der Waals surface area contributed by atoms with Crippen LogP contribution in [0.5, 0.6) is 0 Å². The van der Waals surface area contributed by atoms with Gasteiger partial charge in [0.1, 0.15) is 0 Å².